The van der Waals surface area contributed by atoms with Crippen molar-refractivity contribution in [2.24, 2.45) is 0 Å². The first-order valence-corrected chi connectivity index (χ1v) is 7.23. The number of halogens is 1. The molecule has 0 aliphatic rings. The predicted octanol–water partition coefficient (Wildman–Crippen LogP) is 1.60. The van der Waals surface area contributed by atoms with E-state index < -0.39 is 16.0 Å². The van der Waals surface area contributed by atoms with Crippen molar-refractivity contribution >= 4 is 15.8 Å². The number of nitrogens with zero attached hydrogens (tertiary/aromatic N) is 2. The molecule has 0 spiro atoms. The second kappa shape index (κ2) is 5.75. The van der Waals surface area contributed by atoms with Gasteiger partial charge in [0, 0.05) is 18.3 Å². The third-order valence-electron chi connectivity index (χ3n) is 2.33. The summed E-state index contributed by atoms with van der Waals surface area (Å²) in [4.78, 5) is 7.48. The molecule has 19 heavy (non-hydrogen) atoms. The molecule has 0 saturated carbocycles. The van der Waals surface area contributed by atoms with Gasteiger partial charge < -0.3 is 0 Å². The lowest BCUT2D eigenvalue weighted by molar-refractivity contribution is 0.584. The minimum atomic E-state index is -3.57. The monoisotopic (exact) mass is 281 g/mol. The van der Waals surface area contributed by atoms with Crippen LogP contribution in [0.15, 0.2) is 42.6 Å². The van der Waals surface area contributed by atoms with E-state index in [1.807, 2.05) is 0 Å². The first kappa shape index (κ1) is 13.4. The first-order chi connectivity index (χ1) is 9.05. The fourth-order valence-electron chi connectivity index (χ4n) is 1.46. The zero-order valence-corrected chi connectivity index (χ0v) is 10.8. The Hall–Kier alpha value is -2.02. The smallest absolute Gasteiger partial charge is 0.234 e. The molecule has 0 aromatic carbocycles. The van der Waals surface area contributed by atoms with Gasteiger partial charge in [0.05, 0.1) is 5.75 Å². The zero-order chi connectivity index (χ0) is 13.7. The van der Waals surface area contributed by atoms with Crippen LogP contribution in [0.3, 0.4) is 0 Å². The second-order valence-corrected chi connectivity index (χ2v) is 5.68. The highest BCUT2D eigenvalue weighted by atomic mass is 32.2. The Balaban J connectivity index is 1.99. The van der Waals surface area contributed by atoms with Crippen molar-refractivity contribution in [1.29, 1.82) is 0 Å². The summed E-state index contributed by atoms with van der Waals surface area (Å²) in [5, 5.41) is 0. The largest absolute Gasteiger partial charge is 0.267 e. The molecule has 0 fully saturated rings. The fraction of sp³-hybridized carbons (Fsp3) is 0.167. The summed E-state index contributed by atoms with van der Waals surface area (Å²) < 4.78 is 38.6. The lowest BCUT2D eigenvalue weighted by Gasteiger charge is -2.06. The summed E-state index contributed by atoms with van der Waals surface area (Å²) in [5.74, 6) is -0.895. The van der Waals surface area contributed by atoms with Gasteiger partial charge in [-0.05, 0) is 24.3 Å². The average molecular weight is 281 g/mol. The van der Waals surface area contributed by atoms with Gasteiger partial charge >= 0.3 is 0 Å². The minimum Gasteiger partial charge on any atom is -0.267 e. The highest BCUT2D eigenvalue weighted by Crippen LogP contribution is 2.07. The molecule has 2 aromatic heterocycles. The number of rotatable bonds is 5. The first-order valence-electron chi connectivity index (χ1n) is 5.58. The summed E-state index contributed by atoms with van der Waals surface area (Å²) >= 11 is 0. The van der Waals surface area contributed by atoms with Crippen molar-refractivity contribution in [2.75, 3.05) is 10.5 Å². The van der Waals surface area contributed by atoms with Crippen molar-refractivity contribution in [3.05, 3.63) is 54.2 Å². The maximum atomic E-state index is 12.8. The molecule has 0 radical (unpaired) electrons. The maximum Gasteiger partial charge on any atom is 0.234 e. The zero-order valence-electron chi connectivity index (χ0n) is 9.95. The van der Waals surface area contributed by atoms with Crippen LogP contribution >= 0.6 is 0 Å². The van der Waals surface area contributed by atoms with Crippen molar-refractivity contribution in [2.45, 2.75) is 6.42 Å². The Morgan fingerprint density at radius 1 is 1.16 bits per heavy atom. The quantitative estimate of drug-likeness (QED) is 0.845. The molecular weight excluding hydrogens is 269 g/mol. The molecule has 2 aromatic rings. The highest BCUT2D eigenvalue weighted by molar-refractivity contribution is 7.92. The molecule has 5 nitrogen and oxygen atoms in total. The number of hydrogen-bond acceptors (Lipinski definition) is 4. The topological polar surface area (TPSA) is 72.0 Å². The molecule has 0 aliphatic heterocycles. The summed E-state index contributed by atoms with van der Waals surface area (Å²) in [6.07, 6.45) is 1.88. The molecule has 100 valence electrons. The van der Waals surface area contributed by atoms with Gasteiger partial charge in [-0.25, -0.2) is 13.4 Å². The molecule has 0 amide bonds. The van der Waals surface area contributed by atoms with Crippen LogP contribution in [-0.4, -0.2) is 24.1 Å². The number of sulfonamides is 1. The van der Waals surface area contributed by atoms with Crippen LogP contribution in [0.4, 0.5) is 10.2 Å². The van der Waals surface area contributed by atoms with Gasteiger partial charge in [-0.3, -0.25) is 9.71 Å². The van der Waals surface area contributed by atoms with Gasteiger partial charge in [-0.1, -0.05) is 12.1 Å². The molecule has 1 N–H and O–H groups in total. The third kappa shape index (κ3) is 4.29. The van der Waals surface area contributed by atoms with Gasteiger partial charge in [0.25, 0.3) is 0 Å². The van der Waals surface area contributed by atoms with E-state index in [2.05, 4.69) is 14.7 Å². The Kier molecular flexibility index (Phi) is 4.06. The van der Waals surface area contributed by atoms with E-state index in [1.165, 1.54) is 12.1 Å². The average Bonchev–Trinajstić information content (AvgIpc) is 2.37. The van der Waals surface area contributed by atoms with E-state index in [0.717, 1.165) is 6.07 Å². The molecule has 0 unspecified atom stereocenters. The van der Waals surface area contributed by atoms with Crippen molar-refractivity contribution in [3.63, 3.8) is 0 Å². The summed E-state index contributed by atoms with van der Waals surface area (Å²) in [6, 6.07) is 9.21. The third-order valence-corrected chi connectivity index (χ3v) is 3.59. The van der Waals surface area contributed by atoms with Crippen molar-refractivity contribution < 1.29 is 12.8 Å². The number of hydrogen-bond donors (Lipinski definition) is 1. The van der Waals surface area contributed by atoms with E-state index >= 15 is 0 Å². The molecule has 0 aliphatic carbocycles. The van der Waals surface area contributed by atoms with Gasteiger partial charge in [-0.15, -0.1) is 0 Å². The highest BCUT2D eigenvalue weighted by Gasteiger charge is 2.12. The number of nitrogens with one attached hydrogen (secondary N) is 1. The lowest BCUT2D eigenvalue weighted by Crippen LogP contribution is -2.19. The molecule has 0 bridgehead atoms. The number of aromatic nitrogens is 2. The van der Waals surface area contributed by atoms with Crippen molar-refractivity contribution in [3.8, 4) is 0 Å². The van der Waals surface area contributed by atoms with E-state index in [1.54, 1.807) is 24.4 Å². The van der Waals surface area contributed by atoms with Crippen LogP contribution in [-0.2, 0) is 16.4 Å². The van der Waals surface area contributed by atoms with Crippen LogP contribution in [0.25, 0.3) is 0 Å². The van der Waals surface area contributed by atoms with Gasteiger partial charge in [0.2, 0.25) is 16.0 Å². The van der Waals surface area contributed by atoms with E-state index in [9.17, 15) is 12.8 Å². The molecular formula is C12H12FN3O2S. The van der Waals surface area contributed by atoms with Crippen molar-refractivity contribution in [1.82, 2.24) is 9.97 Å². The van der Waals surface area contributed by atoms with E-state index in [0.29, 0.717) is 5.69 Å². The summed E-state index contributed by atoms with van der Waals surface area (Å²) in [7, 11) is -3.57. The van der Waals surface area contributed by atoms with Crippen LogP contribution in [0.1, 0.15) is 5.69 Å². The molecule has 0 saturated heterocycles. The standard InChI is InChI=1S/C12H12FN3O2S/c13-11-5-3-6-12(15-11)16-19(17,18)9-7-10-4-1-2-8-14-10/h1-6,8H,7,9H2,(H,15,16). The Morgan fingerprint density at radius 3 is 2.68 bits per heavy atom. The molecule has 2 rings (SSSR count). The SMILES string of the molecule is O=S(=O)(CCc1ccccn1)Nc1cccc(F)n1. The van der Waals surface area contributed by atoms with Gasteiger partial charge in [0.1, 0.15) is 5.82 Å². The van der Waals surface area contributed by atoms with Crippen LogP contribution < -0.4 is 4.72 Å². The van der Waals surface area contributed by atoms with Crippen LogP contribution in [0, 0.1) is 5.95 Å². The van der Waals surface area contributed by atoms with Gasteiger partial charge in [-0.2, -0.15) is 4.39 Å². The maximum absolute atomic E-state index is 12.8. The predicted molar refractivity (Wildman–Crippen MR) is 69.5 cm³/mol. The normalized spacial score (nSPS) is 11.2. The second-order valence-electron chi connectivity index (χ2n) is 3.84. The molecule has 0 atom stereocenters. The van der Waals surface area contributed by atoms with Crippen LogP contribution in [0.5, 0.6) is 0 Å². The Labute approximate surface area is 110 Å². The Morgan fingerprint density at radius 2 is 2.00 bits per heavy atom. The molecule has 2 heterocycles. The Bertz CT molecular complexity index is 647. The molecule has 7 heteroatoms. The minimum absolute atomic E-state index is 0.0268. The van der Waals surface area contributed by atoms with E-state index in [4.69, 9.17) is 0 Å². The number of aryl methyl sites for hydroxylation is 1. The fourth-order valence-corrected chi connectivity index (χ4v) is 2.47. The summed E-state index contributed by atoms with van der Waals surface area (Å²) in [5.41, 5.74) is 0.681. The van der Waals surface area contributed by atoms with E-state index in [-0.39, 0.29) is 18.0 Å². The lowest BCUT2D eigenvalue weighted by atomic mass is 10.3. The van der Waals surface area contributed by atoms with Crippen LogP contribution in [0.2, 0.25) is 0 Å². The number of anilines is 1. The summed E-state index contributed by atoms with van der Waals surface area (Å²) in [6.45, 7) is 0. The number of pyridine rings is 2. The van der Waals surface area contributed by atoms with Gasteiger partial charge in [0.15, 0.2) is 0 Å².